The molecule has 0 radical (unpaired) electrons. The summed E-state index contributed by atoms with van der Waals surface area (Å²) in [6, 6.07) is 4.41. The smallest absolute Gasteiger partial charge is 0.449 e. The molecule has 15 heteroatoms. The van der Waals surface area contributed by atoms with Crippen molar-refractivity contribution in [1.82, 2.24) is 4.90 Å². The summed E-state index contributed by atoms with van der Waals surface area (Å²) in [7, 11) is -6.26. The Morgan fingerprint density at radius 2 is 1.79 bits per heavy atom. The number of carbonyl (C=O) groups excluding carboxylic acids is 2. The average molecular weight is 506 g/mol. The van der Waals surface area contributed by atoms with Crippen LogP contribution in [0, 0.1) is 0 Å². The molecule has 0 bridgehead atoms. The van der Waals surface area contributed by atoms with Gasteiger partial charge in [-0.1, -0.05) is 25.1 Å². The van der Waals surface area contributed by atoms with Gasteiger partial charge in [0.2, 0.25) is 5.60 Å². The predicted molar refractivity (Wildman–Crippen MR) is 102 cm³/mol. The van der Waals surface area contributed by atoms with E-state index >= 15 is 0 Å². The molecule has 186 valence electrons. The fourth-order valence-corrected chi connectivity index (χ4v) is 4.04. The molecule has 1 heterocycles. The van der Waals surface area contributed by atoms with Crippen LogP contribution in [0.25, 0.3) is 0 Å². The summed E-state index contributed by atoms with van der Waals surface area (Å²) in [6.07, 6.45) is -9.28. The van der Waals surface area contributed by atoms with E-state index in [2.05, 4.69) is 9.47 Å². The van der Waals surface area contributed by atoms with Crippen molar-refractivity contribution < 1.29 is 53.8 Å². The number of alkyl halides is 6. The maximum absolute atomic E-state index is 13.4. The summed E-state index contributed by atoms with van der Waals surface area (Å²) in [5, 5.41) is 0. The van der Waals surface area contributed by atoms with Crippen molar-refractivity contribution in [2.45, 2.75) is 50.5 Å². The van der Waals surface area contributed by atoms with E-state index in [-0.39, 0.29) is 5.56 Å². The average Bonchev–Trinajstić information content (AvgIpc) is 2.69. The molecule has 0 spiro atoms. The third kappa shape index (κ3) is 5.12. The second-order valence-corrected chi connectivity index (χ2v) is 8.71. The lowest BCUT2D eigenvalue weighted by atomic mass is 9.93. The lowest BCUT2D eigenvalue weighted by Gasteiger charge is -2.41. The van der Waals surface area contributed by atoms with E-state index in [1.54, 1.807) is 0 Å². The fourth-order valence-electron chi connectivity index (χ4n) is 3.14. The first-order valence-corrected chi connectivity index (χ1v) is 11.0. The quantitative estimate of drug-likeness (QED) is 0.526. The Balaban J connectivity index is 2.44. The number of cyclic esters (lactones) is 1. The van der Waals surface area contributed by atoms with Crippen LogP contribution in [0.4, 0.5) is 41.6 Å². The van der Waals surface area contributed by atoms with Crippen molar-refractivity contribution >= 4 is 27.9 Å². The topological polar surface area (TPSA) is 93.2 Å². The molecule has 1 atom stereocenters. The zero-order valence-corrected chi connectivity index (χ0v) is 18.2. The van der Waals surface area contributed by atoms with E-state index in [0.29, 0.717) is 0 Å². The van der Waals surface area contributed by atoms with Crippen LogP contribution in [0.3, 0.4) is 0 Å². The minimum absolute atomic E-state index is 0.272. The highest BCUT2D eigenvalue weighted by atomic mass is 32.2. The molecule has 0 N–H and O–H groups in total. The number of hydrogen-bond donors (Lipinski definition) is 0. The van der Waals surface area contributed by atoms with Gasteiger partial charge in [-0.2, -0.15) is 39.1 Å². The molecule has 0 aromatic heterocycles. The number of anilines is 1. The molecule has 8 nitrogen and oxygen atoms in total. The van der Waals surface area contributed by atoms with Crippen LogP contribution in [0.5, 0.6) is 0 Å². The molecule has 1 fully saturated rings. The van der Waals surface area contributed by atoms with E-state index in [0.717, 1.165) is 23.1 Å². The number of nitrogens with zero attached hydrogens (tertiary/aromatic N) is 2. The maximum Gasteiger partial charge on any atom is 0.517 e. The van der Waals surface area contributed by atoms with Crippen molar-refractivity contribution in [3.63, 3.8) is 0 Å². The van der Waals surface area contributed by atoms with Crippen LogP contribution in [0.1, 0.15) is 32.3 Å². The normalized spacial score (nSPS) is 19.8. The summed E-state index contributed by atoms with van der Waals surface area (Å²) in [5.74, 6) is 0. The number of amides is 2. The molecule has 33 heavy (non-hydrogen) atoms. The summed E-state index contributed by atoms with van der Waals surface area (Å²) < 4.78 is 112. The van der Waals surface area contributed by atoms with Crippen molar-refractivity contribution in [3.05, 3.63) is 29.8 Å². The molecule has 1 aromatic rings. The number of benzene rings is 1. The van der Waals surface area contributed by atoms with Gasteiger partial charge in [0.1, 0.15) is 0 Å². The van der Waals surface area contributed by atoms with Crippen LogP contribution in [0.15, 0.2) is 24.3 Å². The standard InChI is InChI=1S/C18H20F6N2O6S/c1-3-16(17(19,20)21)9-10-25(14(27)32-16)11-12-7-5-6-8-13(12)26(15(28)31-4-2)33(29,30)18(22,23)24/h5-8H,3-4,9-11H2,1-2H3. The number of halogens is 6. The fraction of sp³-hybridized carbons (Fsp3) is 0.556. The number of sulfonamides is 1. The summed E-state index contributed by atoms with van der Waals surface area (Å²) >= 11 is 0. The monoisotopic (exact) mass is 506 g/mol. The first kappa shape index (κ1) is 26.5. The number of rotatable bonds is 6. The van der Waals surface area contributed by atoms with Gasteiger partial charge in [-0.3, -0.25) is 0 Å². The van der Waals surface area contributed by atoms with Gasteiger partial charge in [0, 0.05) is 13.0 Å². The minimum atomic E-state index is -6.26. The molecule has 1 aromatic carbocycles. The van der Waals surface area contributed by atoms with Crippen LogP contribution in [0.2, 0.25) is 0 Å². The van der Waals surface area contributed by atoms with E-state index in [9.17, 15) is 44.3 Å². The molecular weight excluding hydrogens is 486 g/mol. The molecule has 0 saturated carbocycles. The first-order valence-electron chi connectivity index (χ1n) is 9.52. The molecule has 0 aliphatic carbocycles. The first-order chi connectivity index (χ1) is 15.1. The van der Waals surface area contributed by atoms with Crippen LogP contribution in [-0.2, 0) is 26.0 Å². The van der Waals surface area contributed by atoms with Gasteiger partial charge in [0.05, 0.1) is 18.8 Å². The maximum atomic E-state index is 13.4. The van der Waals surface area contributed by atoms with Crippen LogP contribution < -0.4 is 4.31 Å². The van der Waals surface area contributed by atoms with Gasteiger partial charge in [-0.25, -0.2) is 9.59 Å². The summed E-state index contributed by atoms with van der Waals surface area (Å²) in [5.41, 5.74) is -9.63. The second-order valence-electron chi connectivity index (χ2n) is 6.93. The molecule has 1 aliphatic rings. The summed E-state index contributed by atoms with van der Waals surface area (Å²) in [6.45, 7) is 0.874. The Labute approximate surface area is 185 Å². The number of carbonyl (C=O) groups is 2. The van der Waals surface area contributed by atoms with Crippen LogP contribution >= 0.6 is 0 Å². The van der Waals surface area contributed by atoms with Gasteiger partial charge < -0.3 is 14.4 Å². The minimum Gasteiger partial charge on any atom is -0.449 e. The third-order valence-electron chi connectivity index (χ3n) is 4.95. The Hall–Kier alpha value is -2.71. The Morgan fingerprint density at radius 1 is 1.18 bits per heavy atom. The molecule has 2 rings (SSSR count). The van der Waals surface area contributed by atoms with Gasteiger partial charge in [0.15, 0.2) is 0 Å². The lowest BCUT2D eigenvalue weighted by molar-refractivity contribution is -0.272. The van der Waals surface area contributed by atoms with Crippen molar-refractivity contribution in [2.75, 3.05) is 17.5 Å². The highest BCUT2D eigenvalue weighted by Gasteiger charge is 2.59. The second kappa shape index (κ2) is 9.27. The van der Waals surface area contributed by atoms with Gasteiger partial charge in [0.25, 0.3) is 0 Å². The largest absolute Gasteiger partial charge is 0.517 e. The third-order valence-corrected chi connectivity index (χ3v) is 6.36. The van der Waals surface area contributed by atoms with Gasteiger partial charge >= 0.3 is 33.9 Å². The van der Waals surface area contributed by atoms with Crippen molar-refractivity contribution in [1.29, 1.82) is 0 Å². The Morgan fingerprint density at radius 3 is 2.27 bits per heavy atom. The molecule has 1 unspecified atom stereocenters. The van der Waals surface area contributed by atoms with E-state index in [1.807, 2.05) is 0 Å². The van der Waals surface area contributed by atoms with Gasteiger partial charge in [-0.15, -0.1) is 0 Å². The number of hydrogen-bond acceptors (Lipinski definition) is 6. The van der Waals surface area contributed by atoms with E-state index in [1.165, 1.54) is 19.9 Å². The number of para-hydroxylation sites is 1. The lowest BCUT2D eigenvalue weighted by Crippen LogP contribution is -2.56. The predicted octanol–water partition coefficient (Wildman–Crippen LogP) is 4.55. The van der Waals surface area contributed by atoms with Crippen molar-refractivity contribution in [3.8, 4) is 0 Å². The zero-order valence-electron chi connectivity index (χ0n) is 17.4. The molecule has 2 amide bonds. The summed E-state index contributed by atoms with van der Waals surface area (Å²) in [4.78, 5) is 25.2. The number of ether oxygens (including phenoxy) is 2. The molecule has 1 saturated heterocycles. The van der Waals surface area contributed by atoms with Gasteiger partial charge in [-0.05, 0) is 25.0 Å². The highest BCUT2D eigenvalue weighted by Crippen LogP contribution is 2.42. The Kier molecular flexibility index (Phi) is 7.45. The zero-order chi connectivity index (χ0) is 25.2. The highest BCUT2D eigenvalue weighted by molar-refractivity contribution is 7.94. The SMILES string of the molecule is CCOC(=O)N(c1ccccc1CN1CCC(CC)(C(F)(F)F)OC1=O)S(=O)(=O)C(F)(F)F. The van der Waals surface area contributed by atoms with E-state index < -0.39 is 82.0 Å². The Bertz CT molecular complexity index is 997. The van der Waals surface area contributed by atoms with Crippen molar-refractivity contribution in [2.24, 2.45) is 0 Å². The molecular formula is C18H20F6N2O6S. The molecule has 1 aliphatic heterocycles. The van der Waals surface area contributed by atoms with Crippen LogP contribution in [-0.4, -0.2) is 55.9 Å². The van der Waals surface area contributed by atoms with E-state index in [4.69, 9.17) is 0 Å².